The largest absolute Gasteiger partial charge is 0.324 e. The van der Waals surface area contributed by atoms with Gasteiger partial charge in [0, 0.05) is 12.1 Å². The van der Waals surface area contributed by atoms with E-state index in [1.165, 1.54) is 25.7 Å². The normalized spacial score (nSPS) is 34.5. The van der Waals surface area contributed by atoms with E-state index in [0.717, 1.165) is 13.0 Å². The molecule has 0 radical (unpaired) electrons. The molecule has 110 valence electrons. The van der Waals surface area contributed by atoms with Crippen molar-refractivity contribution in [2.24, 2.45) is 0 Å². The molecule has 1 heterocycles. The van der Waals surface area contributed by atoms with Crippen molar-refractivity contribution in [2.45, 2.75) is 70.1 Å². The van der Waals surface area contributed by atoms with Gasteiger partial charge in [-0.3, -0.25) is 10.1 Å². The molecule has 2 unspecified atom stereocenters. The van der Waals surface area contributed by atoms with Crippen LogP contribution in [0.3, 0.4) is 0 Å². The Morgan fingerprint density at radius 3 is 2.37 bits per heavy atom. The summed E-state index contributed by atoms with van der Waals surface area (Å²) in [7, 11) is 4.31. The van der Waals surface area contributed by atoms with Gasteiger partial charge in [0.15, 0.2) is 0 Å². The highest BCUT2D eigenvalue weighted by atomic mass is 16.2. The lowest BCUT2D eigenvalue weighted by atomic mass is 9.94. The first-order valence-corrected chi connectivity index (χ1v) is 7.61. The van der Waals surface area contributed by atoms with Crippen LogP contribution >= 0.6 is 0 Å². The zero-order chi connectivity index (χ0) is 14.3. The quantitative estimate of drug-likeness (QED) is 0.844. The number of carbonyl (C=O) groups excluding carboxylic acids is 1. The van der Waals surface area contributed by atoms with Crippen LogP contribution in [-0.2, 0) is 4.79 Å². The van der Waals surface area contributed by atoms with Crippen molar-refractivity contribution < 1.29 is 4.79 Å². The standard InChI is InChI=1S/C15H29N3O/c1-6-14(3)13(19)18(12(2)16-14)11-15(17(4)5)9-7-8-10-15/h12,16H,6-11H2,1-5H3. The zero-order valence-corrected chi connectivity index (χ0v) is 13.1. The molecule has 19 heavy (non-hydrogen) atoms. The maximum absolute atomic E-state index is 12.7. The Morgan fingerprint density at radius 1 is 1.37 bits per heavy atom. The van der Waals surface area contributed by atoms with Gasteiger partial charge in [-0.2, -0.15) is 0 Å². The summed E-state index contributed by atoms with van der Waals surface area (Å²) < 4.78 is 0. The summed E-state index contributed by atoms with van der Waals surface area (Å²) in [6.07, 6.45) is 5.98. The molecule has 0 aromatic heterocycles. The van der Waals surface area contributed by atoms with Gasteiger partial charge in [-0.25, -0.2) is 0 Å². The van der Waals surface area contributed by atoms with Crippen molar-refractivity contribution in [1.29, 1.82) is 0 Å². The summed E-state index contributed by atoms with van der Waals surface area (Å²) in [5.74, 6) is 0.274. The van der Waals surface area contributed by atoms with Gasteiger partial charge in [-0.15, -0.1) is 0 Å². The predicted molar refractivity (Wildman–Crippen MR) is 77.9 cm³/mol. The van der Waals surface area contributed by atoms with Gasteiger partial charge in [0.25, 0.3) is 0 Å². The number of likely N-dealkylation sites (N-methyl/N-ethyl adjacent to an activating group) is 1. The van der Waals surface area contributed by atoms with Crippen molar-refractivity contribution >= 4 is 5.91 Å². The summed E-state index contributed by atoms with van der Waals surface area (Å²) in [6, 6.07) is 0. The molecular weight excluding hydrogens is 238 g/mol. The second kappa shape index (κ2) is 5.06. The minimum absolute atomic E-state index is 0.148. The van der Waals surface area contributed by atoms with Gasteiger partial charge in [0.05, 0.1) is 11.7 Å². The van der Waals surface area contributed by atoms with E-state index < -0.39 is 0 Å². The number of carbonyl (C=O) groups is 1. The molecule has 4 heteroatoms. The number of amides is 1. The van der Waals surface area contributed by atoms with Crippen LogP contribution in [0.2, 0.25) is 0 Å². The Balaban J connectivity index is 2.16. The summed E-state index contributed by atoms with van der Waals surface area (Å²) >= 11 is 0. The number of rotatable bonds is 4. The average molecular weight is 267 g/mol. The smallest absolute Gasteiger partial charge is 0.243 e. The number of nitrogens with zero attached hydrogens (tertiary/aromatic N) is 2. The lowest BCUT2D eigenvalue weighted by Crippen LogP contribution is -2.53. The molecule has 0 aromatic carbocycles. The van der Waals surface area contributed by atoms with Gasteiger partial charge in [0.1, 0.15) is 0 Å². The van der Waals surface area contributed by atoms with Crippen LogP contribution in [0.25, 0.3) is 0 Å². The Labute approximate surface area is 117 Å². The van der Waals surface area contributed by atoms with Gasteiger partial charge >= 0.3 is 0 Å². The van der Waals surface area contributed by atoms with Gasteiger partial charge in [-0.1, -0.05) is 19.8 Å². The summed E-state index contributed by atoms with van der Waals surface area (Å²) in [4.78, 5) is 17.1. The summed E-state index contributed by atoms with van der Waals surface area (Å²) in [6.45, 7) is 7.08. The number of hydrogen-bond acceptors (Lipinski definition) is 3. The fraction of sp³-hybridized carbons (Fsp3) is 0.933. The molecule has 0 aromatic rings. The zero-order valence-electron chi connectivity index (χ0n) is 13.1. The van der Waals surface area contributed by atoms with Crippen molar-refractivity contribution in [3.63, 3.8) is 0 Å². The molecule has 1 aliphatic heterocycles. The average Bonchev–Trinajstić information content (AvgIpc) is 2.91. The minimum Gasteiger partial charge on any atom is -0.324 e. The molecule has 0 bridgehead atoms. The molecule has 1 saturated heterocycles. The Bertz CT molecular complexity index is 349. The van der Waals surface area contributed by atoms with E-state index >= 15 is 0 Å². The first kappa shape index (κ1) is 14.8. The third-order valence-electron chi connectivity index (χ3n) is 5.38. The maximum Gasteiger partial charge on any atom is 0.243 e. The van der Waals surface area contributed by atoms with E-state index in [4.69, 9.17) is 0 Å². The summed E-state index contributed by atoms with van der Waals surface area (Å²) in [5.41, 5.74) is -0.184. The van der Waals surface area contributed by atoms with E-state index in [1.54, 1.807) is 0 Å². The fourth-order valence-electron chi connectivity index (χ4n) is 3.65. The molecule has 4 nitrogen and oxygen atoms in total. The monoisotopic (exact) mass is 267 g/mol. The van der Waals surface area contributed by atoms with E-state index in [0.29, 0.717) is 0 Å². The second-order valence-corrected chi connectivity index (χ2v) is 6.76. The number of nitrogens with one attached hydrogen (secondary N) is 1. The Morgan fingerprint density at radius 2 is 1.95 bits per heavy atom. The maximum atomic E-state index is 12.7. The van der Waals surface area contributed by atoms with Gasteiger partial charge in [0.2, 0.25) is 5.91 Å². The molecule has 1 amide bonds. The molecular formula is C15H29N3O. The SMILES string of the molecule is CCC1(C)NC(C)N(CC2(N(C)C)CCCC2)C1=O. The first-order valence-electron chi connectivity index (χ1n) is 7.61. The van der Waals surface area contributed by atoms with Crippen LogP contribution in [-0.4, -0.2) is 53.6 Å². The van der Waals surface area contributed by atoms with Gasteiger partial charge in [-0.05, 0) is 47.2 Å². The Hall–Kier alpha value is -0.610. The van der Waals surface area contributed by atoms with Crippen LogP contribution in [0.1, 0.15) is 52.9 Å². The van der Waals surface area contributed by atoms with Crippen LogP contribution in [0.5, 0.6) is 0 Å². The molecule has 2 aliphatic rings. The molecule has 1 saturated carbocycles. The molecule has 1 N–H and O–H groups in total. The van der Waals surface area contributed by atoms with Crippen LogP contribution < -0.4 is 5.32 Å². The lowest BCUT2D eigenvalue weighted by Gasteiger charge is -2.40. The molecule has 2 rings (SSSR count). The highest BCUT2D eigenvalue weighted by Gasteiger charge is 2.48. The van der Waals surface area contributed by atoms with E-state index in [2.05, 4.69) is 43.1 Å². The molecule has 2 fully saturated rings. The van der Waals surface area contributed by atoms with Crippen molar-refractivity contribution in [2.75, 3.05) is 20.6 Å². The first-order chi connectivity index (χ1) is 8.84. The van der Waals surface area contributed by atoms with Crippen molar-refractivity contribution in [1.82, 2.24) is 15.1 Å². The fourth-order valence-corrected chi connectivity index (χ4v) is 3.65. The lowest BCUT2D eigenvalue weighted by molar-refractivity contribution is -0.134. The van der Waals surface area contributed by atoms with E-state index in [9.17, 15) is 4.79 Å². The van der Waals surface area contributed by atoms with Crippen LogP contribution in [0, 0.1) is 0 Å². The highest BCUT2D eigenvalue weighted by Crippen LogP contribution is 2.36. The van der Waals surface area contributed by atoms with E-state index in [1.807, 2.05) is 6.92 Å². The predicted octanol–water partition coefficient (Wildman–Crippen LogP) is 1.81. The third-order valence-corrected chi connectivity index (χ3v) is 5.38. The van der Waals surface area contributed by atoms with Crippen LogP contribution in [0.4, 0.5) is 0 Å². The topological polar surface area (TPSA) is 35.6 Å². The molecule has 2 atom stereocenters. The summed E-state index contributed by atoms with van der Waals surface area (Å²) in [5, 5.41) is 3.47. The van der Waals surface area contributed by atoms with Crippen molar-refractivity contribution in [3.8, 4) is 0 Å². The third kappa shape index (κ3) is 2.40. The second-order valence-electron chi connectivity index (χ2n) is 6.76. The Kier molecular flexibility index (Phi) is 3.94. The molecule has 0 spiro atoms. The van der Waals surface area contributed by atoms with Crippen LogP contribution in [0.15, 0.2) is 0 Å². The van der Waals surface area contributed by atoms with Gasteiger partial charge < -0.3 is 9.80 Å². The van der Waals surface area contributed by atoms with E-state index in [-0.39, 0.29) is 23.2 Å². The van der Waals surface area contributed by atoms with Crippen molar-refractivity contribution in [3.05, 3.63) is 0 Å². The highest BCUT2D eigenvalue weighted by molar-refractivity contribution is 5.88. The minimum atomic E-state index is -0.370. The number of hydrogen-bond donors (Lipinski definition) is 1. The molecule has 1 aliphatic carbocycles.